The normalized spacial score (nSPS) is 11.1. The summed E-state index contributed by atoms with van der Waals surface area (Å²) in [6, 6.07) is 5.79. The van der Waals surface area contributed by atoms with E-state index < -0.39 is 12.4 Å². The van der Waals surface area contributed by atoms with E-state index in [1.54, 1.807) is 6.07 Å². The molecule has 0 saturated heterocycles. The number of nitrogens with zero attached hydrogens (tertiary/aromatic N) is 6. The van der Waals surface area contributed by atoms with E-state index in [9.17, 15) is 13.6 Å². The number of aromatic nitrogens is 6. The van der Waals surface area contributed by atoms with E-state index in [0.717, 1.165) is 4.57 Å². The van der Waals surface area contributed by atoms with Gasteiger partial charge in [-0.1, -0.05) is 10.3 Å². The first-order valence-corrected chi connectivity index (χ1v) is 8.35. The van der Waals surface area contributed by atoms with Gasteiger partial charge in [0.25, 0.3) is 0 Å². The first-order chi connectivity index (χ1) is 14.5. The second-order valence-corrected chi connectivity index (χ2v) is 5.69. The van der Waals surface area contributed by atoms with Crippen molar-refractivity contribution in [3.8, 4) is 34.5 Å². The van der Waals surface area contributed by atoms with Crippen LogP contribution in [-0.2, 0) is 6.54 Å². The fourth-order valence-corrected chi connectivity index (χ4v) is 2.55. The van der Waals surface area contributed by atoms with Crippen LogP contribution in [0.15, 0.2) is 50.5 Å². The van der Waals surface area contributed by atoms with Gasteiger partial charge in [0.2, 0.25) is 17.5 Å². The lowest BCUT2D eigenvalue weighted by molar-refractivity contribution is -0.0512. The Morgan fingerprint density at radius 1 is 1.10 bits per heavy atom. The molecule has 0 saturated carbocycles. The highest BCUT2D eigenvalue weighted by Crippen LogP contribution is 2.32. The third-order valence-corrected chi connectivity index (χ3v) is 3.85. The van der Waals surface area contributed by atoms with Gasteiger partial charge in [-0.3, -0.25) is 4.52 Å². The zero-order valence-electron chi connectivity index (χ0n) is 15.2. The summed E-state index contributed by atoms with van der Waals surface area (Å²) in [6.45, 7) is -3.14. The average Bonchev–Trinajstić information content (AvgIpc) is 3.36. The molecule has 0 aliphatic heterocycles. The minimum atomic E-state index is -2.99. The molecule has 0 spiro atoms. The van der Waals surface area contributed by atoms with Crippen LogP contribution in [0.5, 0.6) is 11.5 Å². The molecule has 0 fully saturated rings. The van der Waals surface area contributed by atoms with Crippen molar-refractivity contribution < 1.29 is 27.3 Å². The van der Waals surface area contributed by atoms with Gasteiger partial charge in [0.05, 0.1) is 7.11 Å². The van der Waals surface area contributed by atoms with Gasteiger partial charge < -0.3 is 14.0 Å². The first-order valence-electron chi connectivity index (χ1n) is 8.35. The molecule has 11 nitrogen and oxygen atoms in total. The number of hydrogen-bond acceptors (Lipinski definition) is 10. The predicted molar refractivity (Wildman–Crippen MR) is 93.8 cm³/mol. The van der Waals surface area contributed by atoms with Crippen molar-refractivity contribution >= 4 is 0 Å². The predicted octanol–water partition coefficient (Wildman–Crippen LogP) is 2.00. The molecule has 4 aromatic rings. The van der Waals surface area contributed by atoms with Gasteiger partial charge in [0.15, 0.2) is 17.3 Å². The smallest absolute Gasteiger partial charge is 0.442 e. The van der Waals surface area contributed by atoms with E-state index in [4.69, 9.17) is 9.26 Å². The zero-order chi connectivity index (χ0) is 21.1. The average molecular weight is 418 g/mol. The Balaban J connectivity index is 1.61. The third-order valence-electron chi connectivity index (χ3n) is 3.85. The van der Waals surface area contributed by atoms with Gasteiger partial charge in [-0.05, 0) is 24.3 Å². The van der Waals surface area contributed by atoms with Gasteiger partial charge in [0, 0.05) is 18.0 Å². The number of rotatable bonds is 7. The number of ether oxygens (including phenoxy) is 2. The lowest BCUT2D eigenvalue weighted by atomic mass is 10.2. The number of hydrogen-bond donors (Lipinski definition) is 0. The van der Waals surface area contributed by atoms with Gasteiger partial charge >= 0.3 is 12.4 Å². The Hall–Kier alpha value is -4.16. The van der Waals surface area contributed by atoms with Crippen molar-refractivity contribution in [2.24, 2.45) is 0 Å². The van der Waals surface area contributed by atoms with Crippen molar-refractivity contribution in [3.05, 3.63) is 53.1 Å². The summed E-state index contributed by atoms with van der Waals surface area (Å²) in [6.07, 6.45) is 2.98. The fraction of sp³-hybridized carbons (Fsp3) is 0.176. The fourth-order valence-electron chi connectivity index (χ4n) is 2.55. The lowest BCUT2D eigenvalue weighted by Crippen LogP contribution is -2.17. The van der Waals surface area contributed by atoms with Gasteiger partial charge in [0.1, 0.15) is 6.54 Å². The van der Waals surface area contributed by atoms with E-state index in [0.29, 0.717) is 5.56 Å². The molecule has 0 bridgehead atoms. The molecule has 13 heteroatoms. The van der Waals surface area contributed by atoms with Crippen LogP contribution >= 0.6 is 0 Å². The van der Waals surface area contributed by atoms with Crippen molar-refractivity contribution in [2.75, 3.05) is 7.11 Å². The second kappa shape index (κ2) is 8.06. The molecule has 0 N–H and O–H groups in total. The Morgan fingerprint density at radius 2 is 1.90 bits per heavy atom. The standard InChI is InChI=1S/C17H12F2N6O5/c1-27-11-7-9(3-4-10(11)28-16(18)19)13-22-12(29-23-13)8-25-15(24-30-17(25)26)14-20-5-2-6-21-14/h2-7,16H,8H2,1H3. The van der Waals surface area contributed by atoms with Crippen LogP contribution in [0.2, 0.25) is 0 Å². The molecule has 30 heavy (non-hydrogen) atoms. The highest BCUT2D eigenvalue weighted by Gasteiger charge is 2.19. The zero-order valence-corrected chi connectivity index (χ0v) is 15.2. The molecule has 3 heterocycles. The molecule has 0 aliphatic carbocycles. The Bertz CT molecular complexity index is 1210. The van der Waals surface area contributed by atoms with Crippen LogP contribution in [0.1, 0.15) is 5.89 Å². The summed E-state index contributed by atoms with van der Waals surface area (Å²) < 4.78 is 45.4. The van der Waals surface area contributed by atoms with Gasteiger partial charge in [-0.25, -0.2) is 19.3 Å². The molecular weight excluding hydrogens is 406 g/mol. The van der Waals surface area contributed by atoms with Gasteiger partial charge in [-0.2, -0.15) is 13.8 Å². The summed E-state index contributed by atoms with van der Waals surface area (Å²) in [5.41, 5.74) is 0.424. The Labute approximate surface area is 165 Å². The maximum Gasteiger partial charge on any atom is 0.442 e. The molecular formula is C17H12F2N6O5. The maximum atomic E-state index is 12.5. The highest BCUT2D eigenvalue weighted by atomic mass is 19.3. The summed E-state index contributed by atoms with van der Waals surface area (Å²) >= 11 is 0. The summed E-state index contributed by atoms with van der Waals surface area (Å²) in [5.74, 6) is -0.333. The molecule has 0 amide bonds. The number of alkyl halides is 2. The van der Waals surface area contributed by atoms with Crippen molar-refractivity contribution in [3.63, 3.8) is 0 Å². The minimum Gasteiger partial charge on any atom is -0.493 e. The van der Waals surface area contributed by atoms with Crippen molar-refractivity contribution in [1.82, 2.24) is 29.8 Å². The largest absolute Gasteiger partial charge is 0.493 e. The lowest BCUT2D eigenvalue weighted by Gasteiger charge is -2.10. The number of methoxy groups -OCH3 is 1. The van der Waals surface area contributed by atoms with E-state index in [2.05, 4.69) is 34.5 Å². The molecule has 4 rings (SSSR count). The van der Waals surface area contributed by atoms with Crippen molar-refractivity contribution in [1.29, 1.82) is 0 Å². The Morgan fingerprint density at radius 3 is 2.63 bits per heavy atom. The van der Waals surface area contributed by atoms with Crippen LogP contribution in [0.25, 0.3) is 23.0 Å². The first kappa shape index (κ1) is 19.2. The minimum absolute atomic E-state index is 0.0675. The van der Waals surface area contributed by atoms with Crippen LogP contribution in [-0.4, -0.2) is 43.6 Å². The number of benzene rings is 1. The molecule has 0 unspecified atom stereocenters. The quantitative estimate of drug-likeness (QED) is 0.439. The van der Waals surface area contributed by atoms with Crippen molar-refractivity contribution in [2.45, 2.75) is 13.2 Å². The number of halogens is 2. The maximum absolute atomic E-state index is 12.5. The third kappa shape index (κ3) is 3.85. The molecule has 154 valence electrons. The second-order valence-electron chi connectivity index (χ2n) is 5.69. The summed E-state index contributed by atoms with van der Waals surface area (Å²) in [7, 11) is 1.31. The topological polar surface area (TPSA) is 131 Å². The SMILES string of the molecule is COc1cc(-c2noc(Cn3c(-c4ncccn4)noc3=O)n2)ccc1OC(F)F. The van der Waals surface area contributed by atoms with Gasteiger partial charge in [-0.15, -0.1) is 0 Å². The summed E-state index contributed by atoms with van der Waals surface area (Å²) in [5, 5.41) is 7.51. The van der Waals surface area contributed by atoms with E-state index in [1.807, 2.05) is 0 Å². The molecule has 1 aromatic carbocycles. The monoisotopic (exact) mass is 418 g/mol. The van der Waals surface area contributed by atoms with E-state index >= 15 is 0 Å². The molecule has 3 aromatic heterocycles. The Kier molecular flexibility index (Phi) is 5.15. The highest BCUT2D eigenvalue weighted by molar-refractivity contribution is 5.60. The molecule has 0 radical (unpaired) electrons. The van der Waals surface area contributed by atoms with Crippen LogP contribution < -0.4 is 15.2 Å². The van der Waals surface area contributed by atoms with Crippen LogP contribution in [0.3, 0.4) is 0 Å². The van der Waals surface area contributed by atoms with Crippen LogP contribution in [0.4, 0.5) is 8.78 Å². The summed E-state index contributed by atoms with van der Waals surface area (Å²) in [4.78, 5) is 24.3. The van der Waals surface area contributed by atoms with E-state index in [-0.39, 0.29) is 41.4 Å². The molecule has 0 atom stereocenters. The van der Waals surface area contributed by atoms with E-state index in [1.165, 1.54) is 37.7 Å². The molecule has 0 aliphatic rings. The van der Waals surface area contributed by atoms with Crippen LogP contribution in [0, 0.1) is 0 Å².